The van der Waals surface area contributed by atoms with Gasteiger partial charge in [-0.05, 0) is 0 Å². The van der Waals surface area contributed by atoms with Crippen molar-refractivity contribution >= 4 is 0 Å². The first-order chi connectivity index (χ1) is 4.35. The predicted molar refractivity (Wildman–Crippen MR) is 36.1 cm³/mol. The van der Waals surface area contributed by atoms with Crippen molar-refractivity contribution in [2.75, 3.05) is 13.1 Å². The maximum absolute atomic E-state index is 10.0. The normalized spacial score (nSPS) is 8.56. The summed E-state index contributed by atoms with van der Waals surface area (Å²) < 4.78 is 10.0. The van der Waals surface area contributed by atoms with Crippen LogP contribution in [0.5, 0.6) is 0 Å². The molecule has 0 amide bonds. The predicted octanol–water partition coefficient (Wildman–Crippen LogP) is 1.08. The Balaban J connectivity index is 3.32. The molecule has 0 aromatic heterocycles. The van der Waals surface area contributed by atoms with Gasteiger partial charge < -0.3 is 0 Å². The fraction of sp³-hybridized carbons (Fsp3) is 0.571. The van der Waals surface area contributed by atoms with E-state index in [1.807, 2.05) is 6.27 Å². The molecular formula is C7H12NO. The van der Waals surface area contributed by atoms with E-state index in [-0.39, 0.29) is 0 Å². The van der Waals surface area contributed by atoms with E-state index in [9.17, 15) is 4.65 Å². The van der Waals surface area contributed by atoms with Gasteiger partial charge in [0.25, 0.3) is 0 Å². The van der Waals surface area contributed by atoms with Crippen molar-refractivity contribution in [3.63, 3.8) is 0 Å². The first kappa shape index (κ1) is 8.54. The van der Waals surface area contributed by atoms with Crippen LogP contribution in [0.2, 0.25) is 0 Å². The molecule has 0 aliphatic heterocycles. The molecular weight excluding hydrogens is 114 g/mol. The molecule has 51 valence electrons. The molecule has 2 heteroatoms. The number of hydrogen-bond acceptors (Lipinski definition) is 1. The summed E-state index contributed by atoms with van der Waals surface area (Å²) in [6.07, 6.45) is 3.30. The van der Waals surface area contributed by atoms with Crippen molar-refractivity contribution in [2.45, 2.75) is 12.8 Å². The molecule has 0 aliphatic rings. The standard InChI is InChI=1S/C7H12NO/c1-3-5-8(7-9)6-4-2/h1-6H2. The van der Waals surface area contributed by atoms with Crippen molar-refractivity contribution in [1.29, 1.82) is 0 Å². The fourth-order valence-electron chi connectivity index (χ4n) is 0.585. The van der Waals surface area contributed by atoms with Gasteiger partial charge in [0.2, 0.25) is 0 Å². The van der Waals surface area contributed by atoms with E-state index in [4.69, 9.17) is 0 Å². The van der Waals surface area contributed by atoms with Gasteiger partial charge in [-0.2, -0.15) is 0 Å². The van der Waals surface area contributed by atoms with Crippen LogP contribution in [0, 0.1) is 20.1 Å². The molecule has 0 aliphatic carbocycles. The van der Waals surface area contributed by atoms with Gasteiger partial charge in [0.1, 0.15) is 0 Å². The molecule has 0 spiro atoms. The SMILES string of the molecule is [CH2]CCN(C#[O+])CC[CH2-]. The Bertz CT molecular complexity index is 89.6. The van der Waals surface area contributed by atoms with Crippen LogP contribution in [-0.2, 0) is 4.65 Å². The van der Waals surface area contributed by atoms with E-state index in [1.165, 1.54) is 0 Å². The van der Waals surface area contributed by atoms with Crippen LogP contribution >= 0.6 is 0 Å². The van der Waals surface area contributed by atoms with E-state index >= 15 is 0 Å². The molecule has 0 atom stereocenters. The molecule has 0 saturated carbocycles. The molecule has 1 radical (unpaired) electrons. The number of nitrogens with zero attached hydrogens (tertiary/aromatic N) is 1. The Kier molecular flexibility index (Phi) is 5.38. The topological polar surface area (TPSA) is 23.1 Å². The summed E-state index contributed by atoms with van der Waals surface area (Å²) in [5.41, 5.74) is 0. The second kappa shape index (κ2) is 5.67. The van der Waals surface area contributed by atoms with Crippen LogP contribution in [0.15, 0.2) is 0 Å². The van der Waals surface area contributed by atoms with E-state index < -0.39 is 0 Å². The third-order valence-electron chi connectivity index (χ3n) is 0.985. The van der Waals surface area contributed by atoms with E-state index in [0.717, 1.165) is 12.8 Å². The summed E-state index contributed by atoms with van der Waals surface area (Å²) in [7, 11) is 0. The molecule has 0 heterocycles. The van der Waals surface area contributed by atoms with Gasteiger partial charge >= 0.3 is 55.6 Å². The molecule has 0 aromatic carbocycles. The van der Waals surface area contributed by atoms with Crippen LogP contribution in [0.25, 0.3) is 0 Å². The van der Waals surface area contributed by atoms with Crippen molar-refractivity contribution in [3.05, 3.63) is 13.8 Å². The zero-order chi connectivity index (χ0) is 7.11. The van der Waals surface area contributed by atoms with E-state index in [2.05, 4.69) is 13.8 Å². The van der Waals surface area contributed by atoms with E-state index in [1.54, 1.807) is 4.90 Å². The quantitative estimate of drug-likeness (QED) is 0.314. The molecule has 0 bridgehead atoms. The second-order valence-electron chi connectivity index (χ2n) is 1.79. The Morgan fingerprint density at radius 3 is 2.56 bits per heavy atom. The second-order valence-corrected chi connectivity index (χ2v) is 1.79. The van der Waals surface area contributed by atoms with Crippen molar-refractivity contribution in [2.24, 2.45) is 0 Å². The third kappa shape index (κ3) is 4.07. The van der Waals surface area contributed by atoms with Gasteiger partial charge in [0, 0.05) is 0 Å². The van der Waals surface area contributed by atoms with Gasteiger partial charge in [0.05, 0.1) is 0 Å². The summed E-state index contributed by atoms with van der Waals surface area (Å²) in [6.45, 7) is 8.62. The molecule has 2 nitrogen and oxygen atoms in total. The van der Waals surface area contributed by atoms with Gasteiger partial charge in [0.15, 0.2) is 0 Å². The Labute approximate surface area is 56.6 Å². The minimum atomic E-state index is 0.693. The van der Waals surface area contributed by atoms with Crippen LogP contribution in [-0.4, -0.2) is 18.0 Å². The summed E-state index contributed by atoms with van der Waals surface area (Å²) in [4.78, 5) is 1.56. The molecule has 0 aromatic rings. The van der Waals surface area contributed by atoms with Gasteiger partial charge in [-0.15, -0.1) is 0 Å². The number of rotatable bonds is 4. The summed E-state index contributed by atoms with van der Waals surface area (Å²) >= 11 is 0. The van der Waals surface area contributed by atoms with Crippen molar-refractivity contribution in [1.82, 2.24) is 4.90 Å². The fourth-order valence-corrected chi connectivity index (χ4v) is 0.585. The van der Waals surface area contributed by atoms with Gasteiger partial charge in [-0.1, -0.05) is 0 Å². The molecule has 0 unspecified atom stereocenters. The third-order valence-corrected chi connectivity index (χ3v) is 0.985. The van der Waals surface area contributed by atoms with Crippen LogP contribution < -0.4 is 0 Å². The van der Waals surface area contributed by atoms with Gasteiger partial charge in [-0.3, -0.25) is 0 Å². The molecule has 0 saturated heterocycles. The molecule has 0 fully saturated rings. The monoisotopic (exact) mass is 126 g/mol. The number of hydrogen-bond donors (Lipinski definition) is 0. The molecule has 9 heavy (non-hydrogen) atoms. The first-order valence-corrected chi connectivity index (χ1v) is 3.06. The summed E-state index contributed by atoms with van der Waals surface area (Å²) in [6, 6.07) is 0. The Morgan fingerprint density at radius 2 is 2.22 bits per heavy atom. The van der Waals surface area contributed by atoms with E-state index in [0.29, 0.717) is 13.1 Å². The molecule has 0 rings (SSSR count). The van der Waals surface area contributed by atoms with Crippen molar-refractivity contribution < 1.29 is 4.65 Å². The Morgan fingerprint density at radius 1 is 1.56 bits per heavy atom. The zero-order valence-corrected chi connectivity index (χ0v) is 5.60. The Hall–Kier alpha value is -0.460. The van der Waals surface area contributed by atoms with Gasteiger partial charge in [-0.25, -0.2) is 0 Å². The summed E-state index contributed by atoms with van der Waals surface area (Å²) in [5, 5.41) is 0. The summed E-state index contributed by atoms with van der Waals surface area (Å²) in [5.74, 6) is 0. The molecule has 0 N–H and O–H groups in total. The average Bonchev–Trinajstić information content (AvgIpc) is 1.88. The maximum atomic E-state index is 10.0. The van der Waals surface area contributed by atoms with Crippen LogP contribution in [0.4, 0.5) is 0 Å². The first-order valence-electron chi connectivity index (χ1n) is 3.06. The van der Waals surface area contributed by atoms with Crippen LogP contribution in [0.3, 0.4) is 0 Å². The minimum absolute atomic E-state index is 0.693. The zero-order valence-electron chi connectivity index (χ0n) is 5.60. The average molecular weight is 126 g/mol. The van der Waals surface area contributed by atoms with Crippen LogP contribution in [0.1, 0.15) is 12.8 Å². The van der Waals surface area contributed by atoms with Crippen molar-refractivity contribution in [3.8, 4) is 6.27 Å².